The Kier molecular flexibility index (Phi) is 5.87. The maximum Gasteiger partial charge on any atom is 0.274 e. The van der Waals surface area contributed by atoms with E-state index in [0.717, 1.165) is 22.0 Å². The Morgan fingerprint density at radius 1 is 0.967 bits per heavy atom. The lowest BCUT2D eigenvalue weighted by atomic mass is 10.1. The summed E-state index contributed by atoms with van der Waals surface area (Å²) >= 11 is 1.37. The highest BCUT2D eigenvalue weighted by atomic mass is 32.2. The molecule has 8 heteroatoms. The number of nitrogens with one attached hydrogen (secondary N) is 1. The first-order valence-electron chi connectivity index (χ1n) is 9.10. The van der Waals surface area contributed by atoms with Gasteiger partial charge in [0, 0.05) is 22.6 Å². The third-order valence-corrected chi connectivity index (χ3v) is 5.37. The average Bonchev–Trinajstić information content (AvgIpc) is 3.17. The van der Waals surface area contributed by atoms with Crippen LogP contribution in [0.2, 0.25) is 0 Å². The smallest absolute Gasteiger partial charge is 0.274 e. The van der Waals surface area contributed by atoms with Gasteiger partial charge in [-0.1, -0.05) is 30.3 Å². The highest BCUT2D eigenvalue weighted by molar-refractivity contribution is 7.99. The average molecular weight is 420 g/mol. The molecule has 1 amide bonds. The van der Waals surface area contributed by atoms with E-state index in [0.29, 0.717) is 17.1 Å². The summed E-state index contributed by atoms with van der Waals surface area (Å²) in [6.07, 6.45) is 0.571. The van der Waals surface area contributed by atoms with Gasteiger partial charge in [-0.25, -0.2) is 9.87 Å². The first-order chi connectivity index (χ1) is 14.6. The molecule has 0 bridgehead atoms. The fourth-order valence-electron chi connectivity index (χ4n) is 2.95. The quantitative estimate of drug-likeness (QED) is 0.360. The number of hydroxylamine groups is 1. The summed E-state index contributed by atoms with van der Waals surface area (Å²) in [5.74, 6) is -0.166. The summed E-state index contributed by atoms with van der Waals surface area (Å²) in [7, 11) is 0. The van der Waals surface area contributed by atoms with Crippen molar-refractivity contribution in [3.8, 4) is 5.69 Å². The molecule has 4 rings (SSSR count). The lowest BCUT2D eigenvalue weighted by Gasteiger charge is -2.11. The van der Waals surface area contributed by atoms with E-state index in [1.165, 1.54) is 23.9 Å². The molecule has 150 valence electrons. The van der Waals surface area contributed by atoms with Crippen molar-refractivity contribution in [3.63, 3.8) is 0 Å². The molecule has 0 saturated carbocycles. The largest absolute Gasteiger partial charge is 0.288 e. The zero-order valence-corrected chi connectivity index (χ0v) is 16.5. The lowest BCUT2D eigenvalue weighted by Crippen LogP contribution is -2.18. The molecule has 3 aromatic carbocycles. The molecule has 2 N–H and O–H groups in total. The zero-order chi connectivity index (χ0) is 20.9. The molecule has 0 aliphatic heterocycles. The summed E-state index contributed by atoms with van der Waals surface area (Å²) < 4.78 is 15.4. The lowest BCUT2D eigenvalue weighted by molar-refractivity contribution is 0.0706. The van der Waals surface area contributed by atoms with Crippen LogP contribution < -0.4 is 5.48 Å². The van der Waals surface area contributed by atoms with Crippen LogP contribution in [-0.4, -0.2) is 25.9 Å². The minimum absolute atomic E-state index is 0.316. The van der Waals surface area contributed by atoms with Crippen LogP contribution in [0.3, 0.4) is 0 Å². The van der Waals surface area contributed by atoms with Crippen LogP contribution in [-0.2, 0) is 6.42 Å². The van der Waals surface area contributed by atoms with Gasteiger partial charge in [0.2, 0.25) is 5.16 Å². The molecular weight excluding hydrogens is 403 g/mol. The van der Waals surface area contributed by atoms with Crippen LogP contribution in [0.15, 0.2) is 88.9 Å². The normalized spacial score (nSPS) is 10.7. The van der Waals surface area contributed by atoms with Crippen molar-refractivity contribution >= 4 is 17.7 Å². The maximum absolute atomic E-state index is 13.5. The molecule has 0 spiro atoms. The topological polar surface area (TPSA) is 80.0 Å². The third kappa shape index (κ3) is 4.40. The number of hydrogen-bond acceptors (Lipinski definition) is 5. The van der Waals surface area contributed by atoms with Crippen LogP contribution in [0.5, 0.6) is 0 Å². The van der Waals surface area contributed by atoms with Crippen molar-refractivity contribution in [1.82, 2.24) is 20.2 Å². The van der Waals surface area contributed by atoms with E-state index in [9.17, 15) is 9.18 Å². The Labute approximate surface area is 176 Å². The number of carbonyl (C=O) groups is 1. The Morgan fingerprint density at radius 2 is 1.67 bits per heavy atom. The van der Waals surface area contributed by atoms with E-state index in [1.54, 1.807) is 41.9 Å². The summed E-state index contributed by atoms with van der Waals surface area (Å²) in [6.45, 7) is 0. The summed E-state index contributed by atoms with van der Waals surface area (Å²) in [5.41, 5.74) is 3.79. The molecule has 6 nitrogen and oxygen atoms in total. The van der Waals surface area contributed by atoms with Gasteiger partial charge in [-0.05, 0) is 65.9 Å². The Morgan fingerprint density at radius 3 is 2.33 bits per heavy atom. The Balaban J connectivity index is 1.68. The molecule has 0 aliphatic carbocycles. The van der Waals surface area contributed by atoms with Gasteiger partial charge in [-0.2, -0.15) is 0 Å². The van der Waals surface area contributed by atoms with Gasteiger partial charge in [-0.15, -0.1) is 10.2 Å². The van der Waals surface area contributed by atoms with Gasteiger partial charge in [0.25, 0.3) is 5.91 Å². The van der Waals surface area contributed by atoms with Crippen LogP contribution in [0.1, 0.15) is 21.7 Å². The minimum atomic E-state index is -0.578. The van der Waals surface area contributed by atoms with E-state index in [2.05, 4.69) is 10.2 Å². The van der Waals surface area contributed by atoms with Crippen LogP contribution in [0.25, 0.3) is 5.69 Å². The molecule has 0 unspecified atom stereocenters. The first-order valence-corrected chi connectivity index (χ1v) is 9.92. The molecule has 1 aromatic heterocycles. The number of aromatic nitrogens is 3. The van der Waals surface area contributed by atoms with Crippen molar-refractivity contribution in [2.24, 2.45) is 0 Å². The van der Waals surface area contributed by atoms with E-state index in [-0.39, 0.29) is 5.82 Å². The Hall–Kier alpha value is -3.49. The van der Waals surface area contributed by atoms with Crippen LogP contribution in [0.4, 0.5) is 4.39 Å². The van der Waals surface area contributed by atoms with Gasteiger partial charge in [0.15, 0.2) is 0 Å². The number of carbonyl (C=O) groups excluding carboxylic acids is 1. The van der Waals surface area contributed by atoms with Crippen molar-refractivity contribution in [3.05, 3.63) is 102 Å². The van der Waals surface area contributed by atoms with Crippen molar-refractivity contribution < 1.29 is 14.4 Å². The molecular formula is C22H17FN4O2S. The standard InChI is InChI=1S/C22H17FN4O2S/c23-17-8-10-18(11-9-17)27-20(14-15-4-2-1-3-5-15)24-25-22(27)30-19-12-6-16(7-13-19)21(28)26-29/h1-13,29H,14H2,(H,26,28). The highest BCUT2D eigenvalue weighted by Crippen LogP contribution is 2.30. The summed E-state index contributed by atoms with van der Waals surface area (Å²) in [4.78, 5) is 12.3. The van der Waals surface area contributed by atoms with Crippen LogP contribution >= 0.6 is 11.8 Å². The van der Waals surface area contributed by atoms with Gasteiger partial charge >= 0.3 is 0 Å². The summed E-state index contributed by atoms with van der Waals surface area (Å²) in [5, 5.41) is 18.1. The van der Waals surface area contributed by atoms with Crippen molar-refractivity contribution in [2.45, 2.75) is 16.5 Å². The van der Waals surface area contributed by atoms with E-state index >= 15 is 0 Å². The predicted octanol–water partition coefficient (Wildman–Crippen LogP) is 4.27. The zero-order valence-electron chi connectivity index (χ0n) is 15.7. The van der Waals surface area contributed by atoms with Crippen molar-refractivity contribution in [2.75, 3.05) is 0 Å². The second-order valence-electron chi connectivity index (χ2n) is 6.44. The third-order valence-electron chi connectivity index (χ3n) is 4.42. The number of amides is 1. The minimum Gasteiger partial charge on any atom is -0.288 e. The molecule has 4 aromatic rings. The van der Waals surface area contributed by atoms with E-state index in [1.807, 2.05) is 34.9 Å². The Bertz CT molecular complexity index is 1150. The summed E-state index contributed by atoms with van der Waals surface area (Å²) in [6, 6.07) is 22.8. The number of benzene rings is 3. The second-order valence-corrected chi connectivity index (χ2v) is 7.48. The number of nitrogens with zero attached hydrogens (tertiary/aromatic N) is 3. The SMILES string of the molecule is O=C(NO)c1ccc(Sc2nnc(Cc3ccccc3)n2-c2ccc(F)cc2)cc1. The highest BCUT2D eigenvalue weighted by Gasteiger charge is 2.16. The molecule has 0 aliphatic rings. The number of halogens is 1. The molecule has 0 radical (unpaired) electrons. The monoisotopic (exact) mass is 420 g/mol. The number of hydrogen-bond donors (Lipinski definition) is 2. The van der Waals surface area contributed by atoms with Gasteiger partial charge < -0.3 is 0 Å². The molecule has 0 fully saturated rings. The number of rotatable bonds is 6. The van der Waals surface area contributed by atoms with Gasteiger partial charge in [0.05, 0.1) is 0 Å². The molecule has 0 atom stereocenters. The molecule has 1 heterocycles. The second kappa shape index (κ2) is 8.89. The predicted molar refractivity (Wildman–Crippen MR) is 110 cm³/mol. The maximum atomic E-state index is 13.5. The van der Waals surface area contributed by atoms with Crippen LogP contribution in [0, 0.1) is 5.82 Å². The molecule has 0 saturated heterocycles. The fourth-order valence-corrected chi connectivity index (χ4v) is 3.82. The molecule has 30 heavy (non-hydrogen) atoms. The van der Waals surface area contributed by atoms with Gasteiger partial charge in [0.1, 0.15) is 11.6 Å². The van der Waals surface area contributed by atoms with E-state index in [4.69, 9.17) is 5.21 Å². The van der Waals surface area contributed by atoms with Gasteiger partial charge in [-0.3, -0.25) is 14.6 Å². The van der Waals surface area contributed by atoms with E-state index < -0.39 is 5.91 Å². The first kappa shape index (κ1) is 19.8. The fraction of sp³-hybridized carbons (Fsp3) is 0.0455. The van der Waals surface area contributed by atoms with Crippen molar-refractivity contribution in [1.29, 1.82) is 0 Å².